The smallest absolute Gasteiger partial charge is 0.345 e. The molecular formula is C9H12O3S2. The van der Waals surface area contributed by atoms with Gasteiger partial charge in [-0.05, 0) is 6.07 Å². The maximum absolute atomic E-state index is 10.6. The van der Waals surface area contributed by atoms with Gasteiger partial charge >= 0.3 is 5.97 Å². The number of carboxylic acid groups (broad SMARTS) is 1. The minimum atomic E-state index is -0.860. The lowest BCUT2D eigenvalue weighted by molar-refractivity contribution is 0.0702. The molecule has 0 radical (unpaired) electrons. The third kappa shape index (κ3) is 3.32. The lowest BCUT2D eigenvalue weighted by Gasteiger charge is -2.07. The van der Waals surface area contributed by atoms with Crippen molar-refractivity contribution in [1.82, 2.24) is 0 Å². The maximum Gasteiger partial charge on any atom is 0.345 e. The van der Waals surface area contributed by atoms with Gasteiger partial charge in [-0.1, -0.05) is 6.92 Å². The molecule has 1 N–H and O–H groups in total. The lowest BCUT2D eigenvalue weighted by Crippen LogP contribution is -2.04. The maximum atomic E-state index is 10.6. The predicted octanol–water partition coefficient (Wildman–Crippen LogP) is 2.57. The number of rotatable bonds is 5. The van der Waals surface area contributed by atoms with Crippen LogP contribution in [-0.2, 0) is 4.74 Å². The number of aromatic carboxylic acids is 1. The Morgan fingerprint density at radius 1 is 1.79 bits per heavy atom. The first-order valence-electron chi connectivity index (χ1n) is 4.11. The Kier molecular flexibility index (Phi) is 4.44. The van der Waals surface area contributed by atoms with Crippen LogP contribution in [0, 0.1) is 0 Å². The highest BCUT2D eigenvalue weighted by atomic mass is 32.2. The first-order chi connectivity index (χ1) is 6.63. The molecule has 0 amide bonds. The van der Waals surface area contributed by atoms with Crippen molar-refractivity contribution in [2.45, 2.75) is 17.1 Å². The molecule has 0 spiro atoms. The summed E-state index contributed by atoms with van der Waals surface area (Å²) in [5, 5.41) is 10.9. The fourth-order valence-corrected chi connectivity index (χ4v) is 2.90. The summed E-state index contributed by atoms with van der Waals surface area (Å²) in [6.45, 7) is 2.72. The molecular weight excluding hydrogens is 220 g/mol. The number of thioether (sulfide) groups is 1. The van der Waals surface area contributed by atoms with Crippen LogP contribution in [0.4, 0.5) is 0 Å². The van der Waals surface area contributed by atoms with Crippen molar-refractivity contribution < 1.29 is 14.6 Å². The molecule has 14 heavy (non-hydrogen) atoms. The number of carbonyl (C=O) groups is 1. The van der Waals surface area contributed by atoms with Gasteiger partial charge in [-0.25, -0.2) is 4.79 Å². The molecule has 1 unspecified atom stereocenters. The Morgan fingerprint density at radius 3 is 3.00 bits per heavy atom. The van der Waals surface area contributed by atoms with Gasteiger partial charge in [-0.15, -0.1) is 23.1 Å². The Balaban J connectivity index is 2.55. The second-order valence-corrected chi connectivity index (χ2v) is 5.26. The van der Waals surface area contributed by atoms with E-state index in [1.165, 1.54) is 11.3 Å². The summed E-state index contributed by atoms with van der Waals surface area (Å²) >= 11 is 2.89. The van der Waals surface area contributed by atoms with Gasteiger partial charge in [0.25, 0.3) is 0 Å². The van der Waals surface area contributed by atoms with E-state index in [0.29, 0.717) is 16.7 Å². The zero-order chi connectivity index (χ0) is 10.6. The molecule has 1 atom stereocenters. The Morgan fingerprint density at radius 2 is 2.50 bits per heavy atom. The van der Waals surface area contributed by atoms with Crippen LogP contribution in [0.1, 0.15) is 16.6 Å². The van der Waals surface area contributed by atoms with E-state index in [9.17, 15) is 4.79 Å². The van der Waals surface area contributed by atoms with Gasteiger partial charge in [-0.2, -0.15) is 0 Å². The van der Waals surface area contributed by atoms with Crippen molar-refractivity contribution in [3.8, 4) is 0 Å². The minimum absolute atomic E-state index is 0.344. The molecule has 0 fully saturated rings. The van der Waals surface area contributed by atoms with Crippen LogP contribution >= 0.6 is 23.1 Å². The van der Waals surface area contributed by atoms with Crippen molar-refractivity contribution in [2.75, 3.05) is 13.7 Å². The van der Waals surface area contributed by atoms with Gasteiger partial charge in [0.05, 0.1) is 6.61 Å². The summed E-state index contributed by atoms with van der Waals surface area (Å²) in [5.74, 6) is -0.860. The van der Waals surface area contributed by atoms with Crippen LogP contribution in [0.5, 0.6) is 0 Å². The molecule has 1 aromatic rings. The molecule has 0 saturated carbocycles. The molecule has 78 valence electrons. The number of ether oxygens (including phenoxy) is 1. The summed E-state index contributed by atoms with van der Waals surface area (Å²) in [4.78, 5) is 12.0. The highest BCUT2D eigenvalue weighted by Gasteiger charge is 2.09. The molecule has 0 aliphatic rings. The van der Waals surface area contributed by atoms with Gasteiger partial charge < -0.3 is 9.84 Å². The van der Waals surface area contributed by atoms with Crippen LogP contribution < -0.4 is 0 Å². The SMILES string of the molecule is COCC(C)Sc1csc(C(=O)O)c1. The van der Waals surface area contributed by atoms with Gasteiger partial charge in [0, 0.05) is 22.6 Å². The van der Waals surface area contributed by atoms with Crippen LogP contribution in [0.2, 0.25) is 0 Å². The predicted molar refractivity (Wildman–Crippen MR) is 58.5 cm³/mol. The molecule has 1 rings (SSSR count). The van der Waals surface area contributed by atoms with Crippen LogP contribution in [0.25, 0.3) is 0 Å². The number of thiophene rings is 1. The van der Waals surface area contributed by atoms with E-state index in [0.717, 1.165) is 4.90 Å². The molecule has 1 aromatic heterocycles. The van der Waals surface area contributed by atoms with Crippen molar-refractivity contribution in [3.05, 3.63) is 16.3 Å². The van der Waals surface area contributed by atoms with E-state index in [-0.39, 0.29) is 0 Å². The highest BCUT2D eigenvalue weighted by molar-refractivity contribution is 8.00. The molecule has 0 aliphatic heterocycles. The van der Waals surface area contributed by atoms with E-state index < -0.39 is 5.97 Å². The molecule has 1 heterocycles. The third-order valence-corrected chi connectivity index (χ3v) is 3.64. The van der Waals surface area contributed by atoms with Crippen molar-refractivity contribution in [1.29, 1.82) is 0 Å². The molecule has 0 saturated heterocycles. The fourth-order valence-electron chi connectivity index (χ4n) is 0.994. The number of methoxy groups -OCH3 is 1. The van der Waals surface area contributed by atoms with Crippen LogP contribution in [0.3, 0.4) is 0 Å². The normalized spacial score (nSPS) is 12.7. The Hall–Kier alpha value is -0.520. The quantitative estimate of drug-likeness (QED) is 0.793. The zero-order valence-electron chi connectivity index (χ0n) is 8.02. The first-order valence-corrected chi connectivity index (χ1v) is 5.87. The summed E-state index contributed by atoms with van der Waals surface area (Å²) in [6.07, 6.45) is 0. The Bertz CT molecular complexity index is 309. The van der Waals surface area contributed by atoms with Gasteiger partial charge in [0.2, 0.25) is 0 Å². The standard InChI is InChI=1S/C9H12O3S2/c1-6(4-12-2)14-7-3-8(9(10)11)13-5-7/h3,5-6H,4H2,1-2H3,(H,10,11). The number of hydrogen-bond acceptors (Lipinski definition) is 4. The molecule has 0 aromatic carbocycles. The lowest BCUT2D eigenvalue weighted by atomic mass is 10.5. The van der Waals surface area contributed by atoms with Crippen LogP contribution in [-0.4, -0.2) is 30.0 Å². The summed E-state index contributed by atoms with van der Waals surface area (Å²) in [7, 11) is 1.66. The summed E-state index contributed by atoms with van der Waals surface area (Å²) < 4.78 is 5.00. The number of hydrogen-bond donors (Lipinski definition) is 1. The molecule has 3 nitrogen and oxygen atoms in total. The second kappa shape index (κ2) is 5.38. The van der Waals surface area contributed by atoms with Crippen molar-refractivity contribution in [2.24, 2.45) is 0 Å². The Labute approximate surface area is 91.1 Å². The largest absolute Gasteiger partial charge is 0.477 e. The molecule has 0 aliphatic carbocycles. The van der Waals surface area contributed by atoms with Gasteiger partial charge in [0.1, 0.15) is 4.88 Å². The van der Waals surface area contributed by atoms with Crippen molar-refractivity contribution in [3.63, 3.8) is 0 Å². The average Bonchev–Trinajstić information content (AvgIpc) is 2.53. The second-order valence-electron chi connectivity index (χ2n) is 2.84. The van der Waals surface area contributed by atoms with Gasteiger partial charge in [0.15, 0.2) is 0 Å². The van der Waals surface area contributed by atoms with Crippen LogP contribution in [0.15, 0.2) is 16.3 Å². The first kappa shape index (κ1) is 11.6. The third-order valence-electron chi connectivity index (χ3n) is 1.52. The summed E-state index contributed by atoms with van der Waals surface area (Å²) in [5.41, 5.74) is 0. The van der Waals surface area contributed by atoms with E-state index in [1.54, 1.807) is 24.9 Å². The number of carboxylic acids is 1. The highest BCUT2D eigenvalue weighted by Crippen LogP contribution is 2.28. The fraction of sp³-hybridized carbons (Fsp3) is 0.444. The van der Waals surface area contributed by atoms with E-state index in [1.807, 2.05) is 12.3 Å². The zero-order valence-corrected chi connectivity index (χ0v) is 9.65. The van der Waals surface area contributed by atoms with E-state index in [2.05, 4.69) is 0 Å². The summed E-state index contributed by atoms with van der Waals surface area (Å²) in [6, 6.07) is 1.70. The van der Waals surface area contributed by atoms with E-state index >= 15 is 0 Å². The van der Waals surface area contributed by atoms with E-state index in [4.69, 9.17) is 9.84 Å². The molecule has 0 bridgehead atoms. The topological polar surface area (TPSA) is 46.5 Å². The minimum Gasteiger partial charge on any atom is -0.477 e. The average molecular weight is 232 g/mol. The van der Waals surface area contributed by atoms with Crippen molar-refractivity contribution >= 4 is 29.1 Å². The van der Waals surface area contributed by atoms with Gasteiger partial charge in [-0.3, -0.25) is 0 Å². The monoisotopic (exact) mass is 232 g/mol. The molecule has 5 heteroatoms.